The number of rotatable bonds is 6. The SMILES string of the molecule is O=C(COC(=O)c1cccc(S(=O)(=O)N2CCc3ccccc3C2)c1)NNC(=O)c1ccccc1. The summed E-state index contributed by atoms with van der Waals surface area (Å²) in [7, 11) is -3.84. The quantitative estimate of drug-likeness (QED) is 0.400. The molecular weight excluding hydrogens is 470 g/mol. The summed E-state index contributed by atoms with van der Waals surface area (Å²) in [6, 6.07) is 21.4. The number of ether oxygens (including phenoxy) is 1. The lowest BCUT2D eigenvalue weighted by atomic mass is 10.0. The van der Waals surface area contributed by atoms with E-state index < -0.39 is 34.4 Å². The molecule has 0 atom stereocenters. The second kappa shape index (κ2) is 10.5. The topological polar surface area (TPSA) is 122 Å². The van der Waals surface area contributed by atoms with Crippen molar-refractivity contribution < 1.29 is 27.5 Å². The second-order valence-electron chi connectivity index (χ2n) is 7.83. The van der Waals surface area contributed by atoms with Gasteiger partial charge in [0.15, 0.2) is 6.61 Å². The van der Waals surface area contributed by atoms with Crippen molar-refractivity contribution in [3.05, 3.63) is 101 Å². The van der Waals surface area contributed by atoms with Crippen LogP contribution in [0.15, 0.2) is 83.8 Å². The predicted octanol–water partition coefficient (Wildman–Crippen LogP) is 2.05. The van der Waals surface area contributed by atoms with Crippen LogP contribution in [0.3, 0.4) is 0 Å². The molecule has 180 valence electrons. The Labute approximate surface area is 202 Å². The lowest BCUT2D eigenvalue weighted by Gasteiger charge is -2.28. The minimum Gasteiger partial charge on any atom is -0.452 e. The highest BCUT2D eigenvalue weighted by molar-refractivity contribution is 7.89. The first kappa shape index (κ1) is 24.1. The van der Waals surface area contributed by atoms with Gasteiger partial charge in [0.2, 0.25) is 10.0 Å². The Morgan fingerprint density at radius 2 is 1.51 bits per heavy atom. The molecule has 0 bridgehead atoms. The Morgan fingerprint density at radius 3 is 2.29 bits per heavy atom. The number of esters is 1. The molecule has 9 nitrogen and oxygen atoms in total. The van der Waals surface area contributed by atoms with E-state index in [1.807, 2.05) is 24.3 Å². The summed E-state index contributed by atoms with van der Waals surface area (Å²) in [6.07, 6.45) is 0.604. The number of fused-ring (bicyclic) bond motifs is 1. The molecule has 10 heteroatoms. The van der Waals surface area contributed by atoms with E-state index in [-0.39, 0.29) is 17.0 Å². The van der Waals surface area contributed by atoms with Crippen LogP contribution in [-0.2, 0) is 32.5 Å². The molecule has 35 heavy (non-hydrogen) atoms. The van der Waals surface area contributed by atoms with Crippen molar-refractivity contribution in [1.82, 2.24) is 15.2 Å². The summed E-state index contributed by atoms with van der Waals surface area (Å²) in [4.78, 5) is 36.3. The monoisotopic (exact) mass is 493 g/mol. The van der Waals surface area contributed by atoms with Crippen LogP contribution in [-0.4, -0.2) is 43.7 Å². The van der Waals surface area contributed by atoms with Crippen molar-refractivity contribution in [2.75, 3.05) is 13.2 Å². The first-order chi connectivity index (χ1) is 16.8. The molecule has 0 spiro atoms. The summed E-state index contributed by atoms with van der Waals surface area (Å²) in [5, 5.41) is 0. The molecule has 2 N–H and O–H groups in total. The molecule has 3 aromatic carbocycles. The number of amides is 2. The summed E-state index contributed by atoms with van der Waals surface area (Å²) >= 11 is 0. The van der Waals surface area contributed by atoms with Crippen molar-refractivity contribution in [2.45, 2.75) is 17.9 Å². The fourth-order valence-corrected chi connectivity index (χ4v) is 5.11. The summed E-state index contributed by atoms with van der Waals surface area (Å²) in [6.45, 7) is -0.0707. The lowest BCUT2D eigenvalue weighted by molar-refractivity contribution is -0.125. The van der Waals surface area contributed by atoms with Crippen LogP contribution in [0.2, 0.25) is 0 Å². The molecule has 0 saturated heterocycles. The number of benzene rings is 3. The third-order valence-electron chi connectivity index (χ3n) is 5.49. The number of hydrazine groups is 1. The maximum atomic E-state index is 13.2. The van der Waals surface area contributed by atoms with Crippen LogP contribution in [0.1, 0.15) is 31.8 Å². The molecule has 4 rings (SSSR count). The molecule has 0 radical (unpaired) electrons. The Morgan fingerprint density at radius 1 is 0.829 bits per heavy atom. The van der Waals surface area contributed by atoms with Gasteiger partial charge in [0.25, 0.3) is 11.8 Å². The van der Waals surface area contributed by atoms with Crippen molar-refractivity contribution in [3.8, 4) is 0 Å². The van der Waals surface area contributed by atoms with Gasteiger partial charge in [0.1, 0.15) is 0 Å². The summed E-state index contributed by atoms with van der Waals surface area (Å²) in [5.74, 6) is -2.14. The third kappa shape index (κ3) is 5.73. The molecule has 1 aliphatic heterocycles. The van der Waals surface area contributed by atoms with Gasteiger partial charge in [-0.25, -0.2) is 13.2 Å². The number of carbonyl (C=O) groups is 3. The highest BCUT2D eigenvalue weighted by Crippen LogP contribution is 2.25. The van der Waals surface area contributed by atoms with Crippen molar-refractivity contribution in [3.63, 3.8) is 0 Å². The van der Waals surface area contributed by atoms with Crippen LogP contribution in [0.25, 0.3) is 0 Å². The first-order valence-electron chi connectivity index (χ1n) is 10.8. The van der Waals surface area contributed by atoms with E-state index in [4.69, 9.17) is 4.74 Å². The van der Waals surface area contributed by atoms with Gasteiger partial charge >= 0.3 is 5.97 Å². The number of nitrogens with zero attached hydrogens (tertiary/aromatic N) is 1. The standard InChI is InChI=1S/C25H23N3O6S/c29-23(26-27-24(30)19-8-2-1-3-9-19)17-34-25(31)20-11-6-12-22(15-20)35(32,33)28-14-13-18-7-4-5-10-21(18)16-28/h1-12,15H,13-14,16-17H2,(H,26,29)(H,27,30). The largest absolute Gasteiger partial charge is 0.452 e. The molecular formula is C25H23N3O6S. The fraction of sp³-hybridized carbons (Fsp3) is 0.160. The number of carbonyl (C=O) groups excluding carboxylic acids is 3. The normalized spacial score (nSPS) is 13.4. The van der Waals surface area contributed by atoms with Gasteiger partial charge in [-0.05, 0) is 47.9 Å². The lowest BCUT2D eigenvalue weighted by Crippen LogP contribution is -2.43. The molecule has 0 saturated carbocycles. The van der Waals surface area contributed by atoms with Gasteiger partial charge in [-0.2, -0.15) is 4.31 Å². The van der Waals surface area contributed by atoms with Gasteiger partial charge in [0, 0.05) is 18.7 Å². The second-order valence-corrected chi connectivity index (χ2v) is 9.77. The average molecular weight is 494 g/mol. The van der Waals surface area contributed by atoms with Crippen molar-refractivity contribution in [2.24, 2.45) is 0 Å². The Kier molecular flexibility index (Phi) is 7.23. The van der Waals surface area contributed by atoms with Crippen LogP contribution in [0, 0.1) is 0 Å². The number of hydrogen-bond donors (Lipinski definition) is 2. The molecule has 1 heterocycles. The predicted molar refractivity (Wildman–Crippen MR) is 127 cm³/mol. The molecule has 0 aliphatic carbocycles. The zero-order chi connectivity index (χ0) is 24.8. The smallest absolute Gasteiger partial charge is 0.338 e. The van der Waals surface area contributed by atoms with E-state index >= 15 is 0 Å². The molecule has 0 aromatic heterocycles. The molecule has 0 unspecified atom stereocenters. The Bertz CT molecular complexity index is 1360. The molecule has 3 aromatic rings. The molecule has 1 aliphatic rings. The van der Waals surface area contributed by atoms with Gasteiger partial charge in [-0.15, -0.1) is 0 Å². The zero-order valence-electron chi connectivity index (χ0n) is 18.6. The van der Waals surface area contributed by atoms with E-state index in [0.717, 1.165) is 11.1 Å². The van der Waals surface area contributed by atoms with E-state index in [2.05, 4.69) is 10.9 Å². The molecule has 2 amide bonds. The van der Waals surface area contributed by atoms with Crippen LogP contribution >= 0.6 is 0 Å². The zero-order valence-corrected chi connectivity index (χ0v) is 19.5. The highest BCUT2D eigenvalue weighted by atomic mass is 32.2. The summed E-state index contributed by atoms with van der Waals surface area (Å²) < 4.78 is 32.7. The Hall–Kier alpha value is -4.02. The number of sulfonamides is 1. The van der Waals surface area contributed by atoms with Crippen molar-refractivity contribution in [1.29, 1.82) is 0 Å². The maximum Gasteiger partial charge on any atom is 0.338 e. The summed E-state index contributed by atoms with van der Waals surface area (Å²) in [5.41, 5.74) is 6.78. The van der Waals surface area contributed by atoms with E-state index in [0.29, 0.717) is 18.5 Å². The van der Waals surface area contributed by atoms with Crippen LogP contribution < -0.4 is 10.9 Å². The first-order valence-corrected chi connectivity index (χ1v) is 12.3. The maximum absolute atomic E-state index is 13.2. The van der Waals surface area contributed by atoms with Gasteiger partial charge in [-0.3, -0.25) is 20.4 Å². The minimum atomic E-state index is -3.84. The van der Waals surface area contributed by atoms with Gasteiger partial charge in [-0.1, -0.05) is 48.5 Å². The highest BCUT2D eigenvalue weighted by Gasteiger charge is 2.28. The third-order valence-corrected chi connectivity index (χ3v) is 7.33. The number of hydrogen-bond acceptors (Lipinski definition) is 6. The fourth-order valence-electron chi connectivity index (χ4n) is 3.65. The van der Waals surface area contributed by atoms with E-state index in [1.165, 1.54) is 28.6 Å². The van der Waals surface area contributed by atoms with Gasteiger partial charge < -0.3 is 4.74 Å². The van der Waals surface area contributed by atoms with Gasteiger partial charge in [0.05, 0.1) is 10.5 Å². The van der Waals surface area contributed by atoms with Crippen LogP contribution in [0.4, 0.5) is 0 Å². The van der Waals surface area contributed by atoms with Crippen molar-refractivity contribution >= 4 is 27.8 Å². The minimum absolute atomic E-state index is 0.00962. The van der Waals surface area contributed by atoms with E-state index in [9.17, 15) is 22.8 Å². The van der Waals surface area contributed by atoms with Crippen LogP contribution in [0.5, 0.6) is 0 Å². The number of nitrogens with one attached hydrogen (secondary N) is 2. The molecule has 0 fully saturated rings. The van der Waals surface area contributed by atoms with E-state index in [1.54, 1.807) is 30.3 Å². The Balaban J connectivity index is 1.34. The average Bonchev–Trinajstić information content (AvgIpc) is 2.90.